The maximum atomic E-state index is 13.7. The van der Waals surface area contributed by atoms with Crippen LogP contribution >= 0.6 is 0 Å². The van der Waals surface area contributed by atoms with Crippen molar-refractivity contribution in [2.24, 2.45) is 11.8 Å². The molecular formula is C21H22FN3O4. The molecule has 0 radical (unpaired) electrons. The Labute approximate surface area is 167 Å². The third-order valence-electron chi connectivity index (χ3n) is 6.16. The number of hydrogen-bond donors (Lipinski definition) is 1. The molecule has 3 unspecified atom stereocenters. The second-order valence-electron chi connectivity index (χ2n) is 7.77. The molecule has 2 aromatic carbocycles. The topological polar surface area (TPSA) is 86.9 Å². The molecule has 2 bridgehead atoms. The van der Waals surface area contributed by atoms with E-state index < -0.39 is 22.5 Å². The van der Waals surface area contributed by atoms with Gasteiger partial charge >= 0.3 is 11.8 Å². The molecule has 4 rings (SSSR count). The summed E-state index contributed by atoms with van der Waals surface area (Å²) in [5.41, 5.74) is 0.642. The molecule has 1 amide bonds. The molecule has 1 saturated carbocycles. The summed E-state index contributed by atoms with van der Waals surface area (Å²) in [7, 11) is 0. The molecule has 8 heteroatoms. The van der Waals surface area contributed by atoms with Crippen LogP contribution in [-0.4, -0.2) is 40.2 Å². The van der Waals surface area contributed by atoms with Crippen LogP contribution in [0.4, 0.5) is 20.6 Å². The zero-order valence-electron chi connectivity index (χ0n) is 15.8. The van der Waals surface area contributed by atoms with Gasteiger partial charge in [0.15, 0.2) is 0 Å². The lowest BCUT2D eigenvalue weighted by Gasteiger charge is -2.29. The average molecular weight is 399 g/mol. The predicted octanol–water partition coefficient (Wildman–Crippen LogP) is 4.13. The molecule has 1 aliphatic carbocycles. The van der Waals surface area contributed by atoms with Gasteiger partial charge in [0, 0.05) is 31.7 Å². The van der Waals surface area contributed by atoms with E-state index in [1.807, 2.05) is 18.2 Å². The Kier molecular flexibility index (Phi) is 5.19. The molecule has 1 saturated heterocycles. The summed E-state index contributed by atoms with van der Waals surface area (Å²) in [4.78, 5) is 25.6. The van der Waals surface area contributed by atoms with Gasteiger partial charge in [-0.05, 0) is 42.4 Å². The van der Waals surface area contributed by atoms with Crippen molar-refractivity contribution in [1.29, 1.82) is 0 Å². The number of anilines is 1. The van der Waals surface area contributed by atoms with Gasteiger partial charge < -0.3 is 5.11 Å². The van der Waals surface area contributed by atoms with Crippen molar-refractivity contribution in [3.8, 4) is 0 Å². The Morgan fingerprint density at radius 3 is 2.69 bits per heavy atom. The first-order valence-corrected chi connectivity index (χ1v) is 9.66. The molecule has 152 valence electrons. The molecule has 7 nitrogen and oxygen atoms in total. The number of nitro groups is 1. The van der Waals surface area contributed by atoms with Gasteiger partial charge in [0.05, 0.1) is 10.6 Å². The van der Waals surface area contributed by atoms with E-state index in [1.165, 1.54) is 11.6 Å². The molecule has 29 heavy (non-hydrogen) atoms. The minimum absolute atomic E-state index is 0.131. The SMILES string of the molecule is O=C(O)N(CC1C2CCC1N(Cc1ccccc1)C2)c1ccc(F)c([N+](=O)[O-])c1. The van der Waals surface area contributed by atoms with Gasteiger partial charge in [-0.1, -0.05) is 30.3 Å². The van der Waals surface area contributed by atoms with Crippen LogP contribution in [0.25, 0.3) is 0 Å². The normalized spacial score (nSPS) is 23.3. The Hall–Kier alpha value is -3.00. The zero-order chi connectivity index (χ0) is 20.5. The first-order chi connectivity index (χ1) is 13.9. The summed E-state index contributed by atoms with van der Waals surface area (Å²) in [5, 5.41) is 20.8. The highest BCUT2D eigenvalue weighted by Gasteiger charge is 2.47. The highest BCUT2D eigenvalue weighted by Crippen LogP contribution is 2.44. The number of halogens is 1. The van der Waals surface area contributed by atoms with Gasteiger partial charge in [0.1, 0.15) is 0 Å². The second kappa shape index (κ2) is 7.79. The van der Waals surface area contributed by atoms with E-state index in [9.17, 15) is 24.4 Å². The Bertz CT molecular complexity index is 923. The number of fused-ring (bicyclic) bond motifs is 2. The first-order valence-electron chi connectivity index (χ1n) is 9.66. The van der Waals surface area contributed by atoms with Crippen LogP contribution in [0.3, 0.4) is 0 Å². The number of benzene rings is 2. The minimum atomic E-state index is -1.19. The molecule has 2 aliphatic rings. The molecule has 0 aromatic heterocycles. The number of rotatable bonds is 6. The minimum Gasteiger partial charge on any atom is -0.465 e. The Balaban J connectivity index is 1.53. The lowest BCUT2D eigenvalue weighted by Crippen LogP contribution is -2.39. The van der Waals surface area contributed by atoms with E-state index >= 15 is 0 Å². The maximum Gasteiger partial charge on any atom is 0.411 e. The lowest BCUT2D eigenvalue weighted by atomic mass is 9.97. The third-order valence-corrected chi connectivity index (χ3v) is 6.16. The Morgan fingerprint density at radius 1 is 1.24 bits per heavy atom. The van der Waals surface area contributed by atoms with Crippen molar-refractivity contribution in [3.63, 3.8) is 0 Å². The van der Waals surface area contributed by atoms with E-state index in [2.05, 4.69) is 17.0 Å². The smallest absolute Gasteiger partial charge is 0.411 e. The average Bonchev–Trinajstić information content (AvgIpc) is 3.23. The highest BCUT2D eigenvalue weighted by molar-refractivity contribution is 5.86. The quantitative estimate of drug-likeness (QED) is 0.583. The van der Waals surface area contributed by atoms with E-state index in [-0.39, 0.29) is 24.2 Å². The van der Waals surface area contributed by atoms with Crippen LogP contribution in [0.5, 0.6) is 0 Å². The van der Waals surface area contributed by atoms with E-state index in [1.54, 1.807) is 0 Å². The van der Waals surface area contributed by atoms with Gasteiger partial charge in [0.2, 0.25) is 5.82 Å². The molecule has 2 fully saturated rings. The fourth-order valence-electron chi connectivity index (χ4n) is 4.83. The summed E-state index contributed by atoms with van der Waals surface area (Å²) >= 11 is 0. The van der Waals surface area contributed by atoms with Crippen molar-refractivity contribution < 1.29 is 19.2 Å². The van der Waals surface area contributed by atoms with Gasteiger partial charge in [-0.25, -0.2) is 4.79 Å². The largest absolute Gasteiger partial charge is 0.465 e. The highest BCUT2D eigenvalue weighted by atomic mass is 19.1. The lowest BCUT2D eigenvalue weighted by molar-refractivity contribution is -0.387. The van der Waals surface area contributed by atoms with Crippen LogP contribution < -0.4 is 4.90 Å². The zero-order valence-corrected chi connectivity index (χ0v) is 15.8. The van der Waals surface area contributed by atoms with Crippen molar-refractivity contribution in [2.45, 2.75) is 25.4 Å². The molecule has 2 aromatic rings. The molecule has 1 aliphatic heterocycles. The molecule has 1 N–H and O–H groups in total. The third kappa shape index (κ3) is 3.80. The Morgan fingerprint density at radius 2 is 2.00 bits per heavy atom. The van der Waals surface area contributed by atoms with Crippen LogP contribution in [0.2, 0.25) is 0 Å². The van der Waals surface area contributed by atoms with Gasteiger partial charge in [-0.2, -0.15) is 4.39 Å². The maximum absolute atomic E-state index is 13.7. The molecule has 0 spiro atoms. The number of carbonyl (C=O) groups is 1. The van der Waals surface area contributed by atoms with E-state index in [4.69, 9.17) is 0 Å². The van der Waals surface area contributed by atoms with E-state index in [0.29, 0.717) is 5.92 Å². The fraction of sp³-hybridized carbons (Fsp3) is 0.381. The summed E-state index contributed by atoms with van der Waals surface area (Å²) < 4.78 is 13.7. The number of amides is 1. The monoisotopic (exact) mass is 399 g/mol. The second-order valence-corrected chi connectivity index (χ2v) is 7.77. The number of likely N-dealkylation sites (tertiary alicyclic amines) is 1. The summed E-state index contributed by atoms with van der Waals surface area (Å²) in [6, 6.07) is 13.7. The molecule has 1 heterocycles. The standard InChI is InChI=1S/C21H22FN3O4/c22-18-8-7-16(10-20(18)25(28)29)24(21(26)27)13-17-15-6-9-19(17)23(12-15)11-14-4-2-1-3-5-14/h1-5,7-8,10,15,17,19H,6,9,11-13H2,(H,26,27). The van der Waals surface area contributed by atoms with E-state index in [0.717, 1.165) is 43.0 Å². The number of piperidine rings is 1. The van der Waals surface area contributed by atoms with Crippen molar-refractivity contribution in [1.82, 2.24) is 4.90 Å². The summed E-state index contributed by atoms with van der Waals surface area (Å²) in [6.07, 6.45) is 0.878. The van der Waals surface area contributed by atoms with Gasteiger partial charge in [0.25, 0.3) is 0 Å². The van der Waals surface area contributed by atoms with Crippen LogP contribution in [0.15, 0.2) is 48.5 Å². The van der Waals surface area contributed by atoms with Crippen molar-refractivity contribution >= 4 is 17.5 Å². The summed E-state index contributed by atoms with van der Waals surface area (Å²) in [6.45, 7) is 1.99. The van der Waals surface area contributed by atoms with Crippen LogP contribution in [-0.2, 0) is 6.54 Å². The first kappa shape index (κ1) is 19.3. The van der Waals surface area contributed by atoms with Crippen LogP contribution in [0.1, 0.15) is 18.4 Å². The fourth-order valence-corrected chi connectivity index (χ4v) is 4.83. The number of nitrogens with zero attached hydrogens (tertiary/aromatic N) is 3. The predicted molar refractivity (Wildman–Crippen MR) is 105 cm³/mol. The van der Waals surface area contributed by atoms with Crippen molar-refractivity contribution in [3.05, 3.63) is 70.0 Å². The number of hydrogen-bond acceptors (Lipinski definition) is 4. The number of nitro benzene ring substituents is 1. The van der Waals surface area contributed by atoms with Gasteiger partial charge in [-0.3, -0.25) is 19.9 Å². The number of carboxylic acid groups (broad SMARTS) is 1. The van der Waals surface area contributed by atoms with Gasteiger partial charge in [-0.15, -0.1) is 0 Å². The van der Waals surface area contributed by atoms with Crippen molar-refractivity contribution in [2.75, 3.05) is 18.0 Å². The summed E-state index contributed by atoms with van der Waals surface area (Å²) in [5.74, 6) is -0.432. The molecule has 3 atom stereocenters. The molecular weight excluding hydrogens is 377 g/mol. The van der Waals surface area contributed by atoms with Crippen LogP contribution in [0, 0.1) is 27.8 Å².